The van der Waals surface area contributed by atoms with Crippen molar-refractivity contribution >= 4 is 33.4 Å². The molecule has 0 saturated carbocycles. The van der Waals surface area contributed by atoms with Crippen molar-refractivity contribution in [1.29, 1.82) is 0 Å². The van der Waals surface area contributed by atoms with Crippen LogP contribution >= 0.6 is 27.5 Å². The maximum absolute atomic E-state index is 12.0. The average molecular weight is 334 g/mol. The van der Waals surface area contributed by atoms with Crippen molar-refractivity contribution in [1.82, 2.24) is 10.2 Å². The van der Waals surface area contributed by atoms with E-state index in [0.717, 1.165) is 17.4 Å². The molecule has 0 heterocycles. The van der Waals surface area contributed by atoms with Crippen LogP contribution in [0, 0.1) is 0 Å². The Labute approximate surface area is 122 Å². The van der Waals surface area contributed by atoms with Crippen LogP contribution in [0.3, 0.4) is 0 Å². The molecular weight excluding hydrogens is 316 g/mol. The Morgan fingerprint density at radius 1 is 1.50 bits per heavy atom. The first-order chi connectivity index (χ1) is 8.41. The van der Waals surface area contributed by atoms with Gasteiger partial charge in [0.25, 0.3) is 5.91 Å². The third-order valence-corrected chi connectivity index (χ3v) is 3.88. The van der Waals surface area contributed by atoms with E-state index in [1.54, 1.807) is 12.1 Å². The Bertz CT molecular complexity index is 423. The van der Waals surface area contributed by atoms with Crippen LogP contribution < -0.4 is 5.32 Å². The van der Waals surface area contributed by atoms with E-state index >= 15 is 0 Å². The van der Waals surface area contributed by atoms with E-state index in [-0.39, 0.29) is 11.9 Å². The second kappa shape index (κ2) is 7.12. The SMILES string of the molecule is CC(CCN(C)C)NC(=O)c1cccc(Br)c1Cl. The summed E-state index contributed by atoms with van der Waals surface area (Å²) in [6.07, 6.45) is 0.907. The fraction of sp³-hybridized carbons (Fsp3) is 0.462. The van der Waals surface area contributed by atoms with E-state index in [0.29, 0.717) is 10.6 Å². The van der Waals surface area contributed by atoms with Gasteiger partial charge in [-0.05, 0) is 62.0 Å². The van der Waals surface area contributed by atoms with Crippen molar-refractivity contribution in [2.24, 2.45) is 0 Å². The molecule has 0 bridgehead atoms. The Balaban J connectivity index is 2.62. The van der Waals surface area contributed by atoms with Gasteiger partial charge in [0.2, 0.25) is 0 Å². The lowest BCUT2D eigenvalue weighted by atomic mass is 10.1. The number of carbonyl (C=O) groups excluding carboxylic acids is 1. The zero-order chi connectivity index (χ0) is 13.7. The number of nitrogens with one attached hydrogen (secondary N) is 1. The number of carbonyl (C=O) groups is 1. The summed E-state index contributed by atoms with van der Waals surface area (Å²) in [5.74, 6) is -0.132. The maximum atomic E-state index is 12.0. The standard InChI is InChI=1S/C13H18BrClN2O/c1-9(7-8-17(2)3)16-13(18)10-5-4-6-11(14)12(10)15/h4-6,9H,7-8H2,1-3H3,(H,16,18). The smallest absolute Gasteiger partial charge is 0.253 e. The first-order valence-corrected chi connectivity index (χ1v) is 6.98. The largest absolute Gasteiger partial charge is 0.349 e. The van der Waals surface area contributed by atoms with Gasteiger partial charge in [-0.15, -0.1) is 0 Å². The van der Waals surface area contributed by atoms with E-state index in [4.69, 9.17) is 11.6 Å². The number of halogens is 2. The third-order valence-electron chi connectivity index (χ3n) is 2.58. The minimum Gasteiger partial charge on any atom is -0.349 e. The van der Waals surface area contributed by atoms with Crippen LogP contribution in [-0.2, 0) is 0 Å². The minimum atomic E-state index is -0.132. The monoisotopic (exact) mass is 332 g/mol. The number of amides is 1. The summed E-state index contributed by atoms with van der Waals surface area (Å²) in [4.78, 5) is 14.1. The molecule has 1 aromatic carbocycles. The van der Waals surface area contributed by atoms with Gasteiger partial charge in [0.15, 0.2) is 0 Å². The van der Waals surface area contributed by atoms with Gasteiger partial charge in [0, 0.05) is 10.5 Å². The quantitative estimate of drug-likeness (QED) is 0.897. The van der Waals surface area contributed by atoms with E-state index in [1.807, 2.05) is 27.1 Å². The van der Waals surface area contributed by atoms with Crippen molar-refractivity contribution in [3.05, 3.63) is 33.3 Å². The Hall–Kier alpha value is -0.580. The van der Waals surface area contributed by atoms with Crippen LogP contribution in [0.5, 0.6) is 0 Å². The molecule has 3 nitrogen and oxygen atoms in total. The molecule has 0 spiro atoms. The summed E-state index contributed by atoms with van der Waals surface area (Å²) in [6, 6.07) is 5.46. The second-order valence-electron chi connectivity index (χ2n) is 4.57. The molecule has 0 fully saturated rings. The van der Waals surface area contributed by atoms with Crippen molar-refractivity contribution in [3.8, 4) is 0 Å². The molecule has 5 heteroatoms. The number of benzene rings is 1. The number of nitrogens with zero attached hydrogens (tertiary/aromatic N) is 1. The molecule has 0 aromatic heterocycles. The summed E-state index contributed by atoms with van der Waals surface area (Å²) in [5, 5.41) is 3.40. The highest BCUT2D eigenvalue weighted by Crippen LogP contribution is 2.25. The lowest BCUT2D eigenvalue weighted by Gasteiger charge is -2.17. The second-order valence-corrected chi connectivity index (χ2v) is 5.80. The molecule has 1 amide bonds. The minimum absolute atomic E-state index is 0.120. The molecular formula is C13H18BrClN2O. The van der Waals surface area contributed by atoms with E-state index in [9.17, 15) is 4.79 Å². The molecule has 0 aliphatic rings. The van der Waals surface area contributed by atoms with Crippen molar-refractivity contribution in [2.45, 2.75) is 19.4 Å². The summed E-state index contributed by atoms with van der Waals surface area (Å²) in [6.45, 7) is 2.93. The van der Waals surface area contributed by atoms with Gasteiger partial charge in [-0.2, -0.15) is 0 Å². The predicted molar refractivity (Wildman–Crippen MR) is 79.3 cm³/mol. The van der Waals surface area contributed by atoms with Gasteiger partial charge in [-0.25, -0.2) is 0 Å². The Kier molecular flexibility index (Phi) is 6.12. The highest BCUT2D eigenvalue weighted by Gasteiger charge is 2.14. The summed E-state index contributed by atoms with van der Waals surface area (Å²) in [7, 11) is 4.03. The van der Waals surface area contributed by atoms with E-state index < -0.39 is 0 Å². The third kappa shape index (κ3) is 4.59. The Morgan fingerprint density at radius 2 is 2.17 bits per heavy atom. The van der Waals surface area contributed by atoms with Gasteiger partial charge >= 0.3 is 0 Å². The van der Waals surface area contributed by atoms with Gasteiger partial charge in [-0.1, -0.05) is 17.7 Å². The number of rotatable bonds is 5. The fourth-order valence-electron chi connectivity index (χ4n) is 1.50. The van der Waals surface area contributed by atoms with Gasteiger partial charge in [-0.3, -0.25) is 4.79 Å². The lowest BCUT2D eigenvalue weighted by molar-refractivity contribution is 0.0937. The number of hydrogen-bond donors (Lipinski definition) is 1. The number of hydrogen-bond acceptors (Lipinski definition) is 2. The van der Waals surface area contributed by atoms with Gasteiger partial charge in [0.1, 0.15) is 0 Å². The lowest BCUT2D eigenvalue weighted by Crippen LogP contribution is -2.34. The predicted octanol–water partition coefficient (Wildman–Crippen LogP) is 3.17. The molecule has 0 saturated heterocycles. The summed E-state index contributed by atoms with van der Waals surface area (Å²) in [5.41, 5.74) is 0.503. The van der Waals surface area contributed by atoms with Crippen molar-refractivity contribution < 1.29 is 4.79 Å². The summed E-state index contributed by atoms with van der Waals surface area (Å²) >= 11 is 9.39. The highest BCUT2D eigenvalue weighted by atomic mass is 79.9. The molecule has 1 atom stereocenters. The fourth-order valence-corrected chi connectivity index (χ4v) is 2.08. The normalized spacial score (nSPS) is 12.6. The van der Waals surface area contributed by atoms with Crippen LogP contribution in [0.25, 0.3) is 0 Å². The van der Waals surface area contributed by atoms with Crippen LogP contribution in [0.1, 0.15) is 23.7 Å². The zero-order valence-corrected chi connectivity index (χ0v) is 13.2. The molecule has 1 unspecified atom stereocenters. The summed E-state index contributed by atoms with van der Waals surface area (Å²) < 4.78 is 0.734. The first-order valence-electron chi connectivity index (χ1n) is 5.81. The first kappa shape index (κ1) is 15.5. The van der Waals surface area contributed by atoms with Crippen molar-refractivity contribution in [2.75, 3.05) is 20.6 Å². The molecule has 0 aliphatic heterocycles. The maximum Gasteiger partial charge on any atom is 0.253 e. The molecule has 18 heavy (non-hydrogen) atoms. The molecule has 0 aliphatic carbocycles. The van der Waals surface area contributed by atoms with Crippen LogP contribution in [0.15, 0.2) is 22.7 Å². The Morgan fingerprint density at radius 3 is 2.78 bits per heavy atom. The zero-order valence-electron chi connectivity index (χ0n) is 10.8. The highest BCUT2D eigenvalue weighted by molar-refractivity contribution is 9.10. The molecule has 1 N–H and O–H groups in total. The van der Waals surface area contributed by atoms with Crippen molar-refractivity contribution in [3.63, 3.8) is 0 Å². The molecule has 1 rings (SSSR count). The molecule has 1 aromatic rings. The van der Waals surface area contributed by atoms with Crippen LogP contribution in [0.4, 0.5) is 0 Å². The topological polar surface area (TPSA) is 32.3 Å². The molecule has 100 valence electrons. The average Bonchev–Trinajstić information content (AvgIpc) is 2.30. The van der Waals surface area contributed by atoms with E-state index in [2.05, 4.69) is 26.1 Å². The van der Waals surface area contributed by atoms with Crippen LogP contribution in [-0.4, -0.2) is 37.5 Å². The van der Waals surface area contributed by atoms with Gasteiger partial charge in [0.05, 0.1) is 10.6 Å². The van der Waals surface area contributed by atoms with Crippen LogP contribution in [0.2, 0.25) is 5.02 Å². The van der Waals surface area contributed by atoms with Gasteiger partial charge < -0.3 is 10.2 Å². The van der Waals surface area contributed by atoms with E-state index in [1.165, 1.54) is 0 Å². The molecule has 0 radical (unpaired) electrons.